The molecule has 1 aromatic heterocycles. The molecule has 0 saturated carbocycles. The van der Waals surface area contributed by atoms with E-state index < -0.39 is 20.1 Å². The van der Waals surface area contributed by atoms with E-state index in [1.54, 1.807) is 28.9 Å². The summed E-state index contributed by atoms with van der Waals surface area (Å²) >= 11 is 2.25. The van der Waals surface area contributed by atoms with Crippen molar-refractivity contribution in [2.45, 2.75) is 56.7 Å². The SMILES string of the molecule is C[C@@H]1[C@@H]([Si](C)(C)F)[C@H](CCn2cc(CCO)nn2)O[C@@]12C(=O)N(c1ccccc1)c1ccc(I)cc12. The molecule has 5 rings (SSSR count). The van der Waals surface area contributed by atoms with Crippen molar-refractivity contribution >= 4 is 48.3 Å². The maximum Gasteiger partial charge on any atom is 0.268 e. The first kappa shape index (κ1) is 25.5. The molecular formula is C26H30FIN4O3Si. The first-order valence-electron chi connectivity index (χ1n) is 12.2. The number of para-hydroxylation sites is 1. The summed E-state index contributed by atoms with van der Waals surface area (Å²) in [7, 11) is -3.23. The van der Waals surface area contributed by atoms with Gasteiger partial charge < -0.3 is 14.0 Å². The third kappa shape index (κ3) is 4.21. The lowest BCUT2D eigenvalue weighted by molar-refractivity contribution is -0.145. The van der Waals surface area contributed by atoms with Gasteiger partial charge in [0.05, 0.1) is 17.5 Å². The van der Waals surface area contributed by atoms with Crippen molar-refractivity contribution in [3.05, 3.63) is 69.6 Å². The Balaban J connectivity index is 1.54. The fourth-order valence-electron chi connectivity index (χ4n) is 5.98. The molecule has 1 N–H and O–H groups in total. The molecule has 3 heterocycles. The topological polar surface area (TPSA) is 80.5 Å². The lowest BCUT2D eigenvalue weighted by atomic mass is 9.82. The van der Waals surface area contributed by atoms with Gasteiger partial charge in [0.1, 0.15) is 0 Å². The van der Waals surface area contributed by atoms with Crippen LogP contribution in [0, 0.1) is 9.49 Å². The van der Waals surface area contributed by atoms with Crippen molar-refractivity contribution in [1.82, 2.24) is 15.0 Å². The zero-order valence-corrected chi connectivity index (χ0v) is 23.7. The average molecular weight is 621 g/mol. The standard InChI is InChI=1S/C26H30FIN4O3Si/c1-17-24(36(2,3)27)23(11-13-31-16-19(12-14-33)29-30-31)35-26(17)21-15-18(28)9-10-22(21)32(25(26)34)20-7-5-4-6-8-20/h4-10,15-17,23-24,33H,11-14H2,1-3H3/t17-,23+,24-,26+/m1/s1. The number of hydrogen-bond acceptors (Lipinski definition) is 5. The van der Waals surface area contributed by atoms with E-state index in [0.29, 0.717) is 25.1 Å². The molecule has 36 heavy (non-hydrogen) atoms. The Labute approximate surface area is 225 Å². The van der Waals surface area contributed by atoms with Crippen LogP contribution in [0.4, 0.5) is 15.5 Å². The van der Waals surface area contributed by atoms with Gasteiger partial charge in [-0.1, -0.05) is 30.3 Å². The van der Waals surface area contributed by atoms with Gasteiger partial charge in [-0.3, -0.25) is 14.4 Å². The third-order valence-corrected chi connectivity index (χ3v) is 10.6. The molecular weight excluding hydrogens is 590 g/mol. The van der Waals surface area contributed by atoms with Crippen LogP contribution in [0.5, 0.6) is 0 Å². The highest BCUT2D eigenvalue weighted by Gasteiger charge is 2.66. The van der Waals surface area contributed by atoms with E-state index in [1.165, 1.54) is 0 Å². The van der Waals surface area contributed by atoms with Crippen LogP contribution >= 0.6 is 22.6 Å². The first-order chi connectivity index (χ1) is 17.2. The monoisotopic (exact) mass is 620 g/mol. The van der Waals surface area contributed by atoms with Gasteiger partial charge >= 0.3 is 0 Å². The number of amides is 1. The van der Waals surface area contributed by atoms with E-state index in [4.69, 9.17) is 9.84 Å². The second kappa shape index (κ2) is 9.62. The molecule has 1 fully saturated rings. The molecule has 3 aromatic rings. The summed E-state index contributed by atoms with van der Waals surface area (Å²) in [5.41, 5.74) is 1.47. The summed E-state index contributed by atoms with van der Waals surface area (Å²) in [5.74, 6) is -0.497. The van der Waals surface area contributed by atoms with Crippen molar-refractivity contribution in [2.75, 3.05) is 11.5 Å². The van der Waals surface area contributed by atoms with Crippen LogP contribution < -0.4 is 4.90 Å². The molecule has 7 nitrogen and oxygen atoms in total. The largest absolute Gasteiger partial charge is 0.396 e. The van der Waals surface area contributed by atoms with Gasteiger partial charge in [-0.25, -0.2) is 0 Å². The summed E-state index contributed by atoms with van der Waals surface area (Å²) in [6.07, 6.45) is 2.30. The number of rotatable bonds is 7. The predicted molar refractivity (Wildman–Crippen MR) is 146 cm³/mol. The van der Waals surface area contributed by atoms with Crippen molar-refractivity contribution in [2.24, 2.45) is 5.92 Å². The lowest BCUT2D eigenvalue weighted by Crippen LogP contribution is -2.44. The molecule has 1 spiro atoms. The molecule has 0 unspecified atom stereocenters. The van der Waals surface area contributed by atoms with Crippen LogP contribution in [0.25, 0.3) is 0 Å². The number of nitrogens with zero attached hydrogens (tertiary/aromatic N) is 4. The molecule has 4 atom stereocenters. The number of carbonyl (C=O) groups excluding carboxylic acids is 1. The summed E-state index contributed by atoms with van der Waals surface area (Å²) in [6, 6.07) is 15.5. The van der Waals surface area contributed by atoms with Gasteiger partial charge in [-0.2, -0.15) is 0 Å². The minimum absolute atomic E-state index is 0.00636. The van der Waals surface area contributed by atoms with Gasteiger partial charge in [-0.05, 0) is 72.4 Å². The number of carbonyl (C=O) groups is 1. The lowest BCUT2D eigenvalue weighted by Gasteiger charge is -2.31. The van der Waals surface area contributed by atoms with Crippen molar-refractivity contribution < 1.29 is 18.7 Å². The van der Waals surface area contributed by atoms with E-state index in [9.17, 15) is 4.79 Å². The quantitative estimate of drug-likeness (QED) is 0.230. The Hall–Kier alpha value is -2.15. The fraction of sp³-hybridized carbons (Fsp3) is 0.423. The number of halogens is 2. The average Bonchev–Trinajstić information content (AvgIpc) is 3.47. The van der Waals surface area contributed by atoms with Gasteiger partial charge in [0, 0.05) is 52.0 Å². The smallest absolute Gasteiger partial charge is 0.268 e. The number of aliphatic hydroxyl groups is 1. The number of anilines is 2. The van der Waals surface area contributed by atoms with Crippen LogP contribution in [0.1, 0.15) is 24.6 Å². The summed E-state index contributed by atoms with van der Waals surface area (Å²) in [6.45, 7) is 5.89. The molecule has 10 heteroatoms. The van der Waals surface area contributed by atoms with E-state index >= 15 is 4.11 Å². The molecule has 2 aromatic carbocycles. The number of hydrogen-bond donors (Lipinski definition) is 1. The Kier molecular flexibility index (Phi) is 6.81. The van der Waals surface area contributed by atoms with Crippen molar-refractivity contribution in [1.29, 1.82) is 0 Å². The predicted octanol–water partition coefficient (Wildman–Crippen LogP) is 4.96. The maximum atomic E-state index is 15.9. The van der Waals surface area contributed by atoms with Crippen LogP contribution in [0.3, 0.4) is 0 Å². The third-order valence-electron chi connectivity index (χ3n) is 7.44. The van der Waals surface area contributed by atoms with Crippen molar-refractivity contribution in [3.63, 3.8) is 0 Å². The second-order valence-corrected chi connectivity index (χ2v) is 15.2. The van der Waals surface area contributed by atoms with Gasteiger partial charge in [0.2, 0.25) is 8.41 Å². The number of benzene rings is 2. The molecule has 0 aliphatic carbocycles. The van der Waals surface area contributed by atoms with Gasteiger partial charge in [0.15, 0.2) is 5.60 Å². The number of ether oxygens (including phenoxy) is 1. The van der Waals surface area contributed by atoms with Crippen LogP contribution in [0.15, 0.2) is 54.7 Å². The number of aryl methyl sites for hydroxylation is 1. The molecule has 0 bridgehead atoms. The highest BCUT2D eigenvalue weighted by molar-refractivity contribution is 14.1. The molecule has 190 valence electrons. The zero-order valence-electron chi connectivity index (χ0n) is 20.6. The molecule has 0 radical (unpaired) electrons. The second-order valence-electron chi connectivity index (χ2n) is 10.1. The molecule has 2 aliphatic heterocycles. The zero-order chi connectivity index (χ0) is 25.7. The molecule has 1 amide bonds. The number of aliphatic hydroxyl groups excluding tert-OH is 1. The minimum Gasteiger partial charge on any atom is -0.396 e. The summed E-state index contributed by atoms with van der Waals surface area (Å²) < 4.78 is 25.4. The Morgan fingerprint density at radius 2 is 1.97 bits per heavy atom. The van der Waals surface area contributed by atoms with Crippen LogP contribution in [0.2, 0.25) is 18.6 Å². The highest BCUT2D eigenvalue weighted by Crippen LogP contribution is 2.61. The number of fused-ring (bicyclic) bond motifs is 2. The van der Waals surface area contributed by atoms with Crippen LogP contribution in [-0.4, -0.2) is 47.1 Å². The first-order valence-corrected chi connectivity index (χ1v) is 16.3. The molecule has 1 saturated heterocycles. The Morgan fingerprint density at radius 1 is 1.22 bits per heavy atom. The van der Waals surface area contributed by atoms with E-state index in [-0.39, 0.29) is 24.0 Å². The van der Waals surface area contributed by atoms with Gasteiger partial charge in [-0.15, -0.1) is 5.10 Å². The summed E-state index contributed by atoms with van der Waals surface area (Å²) in [5, 5.41) is 17.4. The fourth-order valence-corrected chi connectivity index (χ4v) is 9.02. The van der Waals surface area contributed by atoms with E-state index in [0.717, 1.165) is 20.5 Å². The Bertz CT molecular complexity index is 1270. The van der Waals surface area contributed by atoms with Crippen LogP contribution in [-0.2, 0) is 28.1 Å². The van der Waals surface area contributed by atoms with Crippen molar-refractivity contribution in [3.8, 4) is 0 Å². The summed E-state index contributed by atoms with van der Waals surface area (Å²) in [4.78, 5) is 16.0. The maximum absolute atomic E-state index is 15.9. The highest BCUT2D eigenvalue weighted by atomic mass is 127. The van der Waals surface area contributed by atoms with E-state index in [1.807, 2.05) is 55.5 Å². The number of aromatic nitrogens is 3. The Morgan fingerprint density at radius 3 is 2.67 bits per heavy atom. The minimum atomic E-state index is -3.23. The van der Waals surface area contributed by atoms with E-state index in [2.05, 4.69) is 32.9 Å². The normalized spacial score (nSPS) is 25.7. The van der Waals surface area contributed by atoms with Gasteiger partial charge in [0.25, 0.3) is 5.91 Å². The molecule has 2 aliphatic rings.